The number of halogens is 1. The maximum atomic E-state index is 12.1. The molecule has 1 aromatic heterocycles. The molecule has 0 aliphatic carbocycles. The number of alkyl halides is 1. The van der Waals surface area contributed by atoms with Gasteiger partial charge in [-0.15, -0.1) is 0 Å². The van der Waals surface area contributed by atoms with Crippen LogP contribution in [0.25, 0.3) is 0 Å². The second kappa shape index (κ2) is 5.49. The highest BCUT2D eigenvalue weighted by Crippen LogP contribution is 2.17. The SMILES string of the molecule is CCn1cnc(S(=O)(=O)NC(C)(CC)CBr)c1. The van der Waals surface area contributed by atoms with Gasteiger partial charge in [0.1, 0.15) is 0 Å². The van der Waals surface area contributed by atoms with Crippen molar-refractivity contribution in [3.05, 3.63) is 12.5 Å². The zero-order valence-electron chi connectivity index (χ0n) is 10.3. The zero-order chi connectivity index (χ0) is 13.1. The molecule has 1 atom stereocenters. The molecular formula is C10H18BrN3O2S. The molecule has 0 radical (unpaired) electrons. The van der Waals surface area contributed by atoms with E-state index in [2.05, 4.69) is 25.6 Å². The van der Waals surface area contributed by atoms with E-state index in [9.17, 15) is 8.42 Å². The number of hydrogen-bond acceptors (Lipinski definition) is 3. The Morgan fingerprint density at radius 2 is 2.18 bits per heavy atom. The third kappa shape index (κ3) is 3.53. The number of hydrogen-bond donors (Lipinski definition) is 1. The molecule has 5 nitrogen and oxygen atoms in total. The standard InChI is InChI=1S/C10H18BrN3O2S/c1-4-10(3,7-11)13-17(15,16)9-6-14(5-2)8-12-9/h6,8,13H,4-5,7H2,1-3H3. The third-order valence-corrected chi connectivity index (χ3v) is 5.47. The van der Waals surface area contributed by atoms with E-state index < -0.39 is 15.6 Å². The summed E-state index contributed by atoms with van der Waals surface area (Å²) in [5.41, 5.74) is -0.491. The van der Waals surface area contributed by atoms with Gasteiger partial charge in [-0.25, -0.2) is 18.1 Å². The van der Waals surface area contributed by atoms with Crippen LogP contribution in [0.15, 0.2) is 17.6 Å². The van der Waals surface area contributed by atoms with Crippen LogP contribution in [0, 0.1) is 0 Å². The molecule has 0 amide bonds. The second-order valence-electron chi connectivity index (χ2n) is 4.20. The Bertz CT molecular complexity index is 466. The van der Waals surface area contributed by atoms with E-state index in [1.807, 2.05) is 20.8 Å². The summed E-state index contributed by atoms with van der Waals surface area (Å²) in [6.07, 6.45) is 3.75. The molecule has 0 saturated carbocycles. The molecule has 0 aromatic carbocycles. The van der Waals surface area contributed by atoms with Gasteiger partial charge in [0, 0.05) is 23.6 Å². The summed E-state index contributed by atoms with van der Waals surface area (Å²) in [7, 11) is -3.54. The molecule has 1 rings (SSSR count). The first-order valence-corrected chi connectivity index (χ1v) is 8.09. The lowest BCUT2D eigenvalue weighted by Crippen LogP contribution is -2.46. The summed E-state index contributed by atoms with van der Waals surface area (Å²) in [5.74, 6) is 0. The van der Waals surface area contributed by atoms with E-state index in [4.69, 9.17) is 0 Å². The summed E-state index contributed by atoms with van der Waals surface area (Å²) in [6, 6.07) is 0. The van der Waals surface area contributed by atoms with Gasteiger partial charge in [-0.3, -0.25) is 0 Å². The number of nitrogens with zero attached hydrogens (tertiary/aromatic N) is 2. The maximum absolute atomic E-state index is 12.1. The van der Waals surface area contributed by atoms with Crippen molar-refractivity contribution in [3.63, 3.8) is 0 Å². The molecular weight excluding hydrogens is 306 g/mol. The van der Waals surface area contributed by atoms with E-state index >= 15 is 0 Å². The predicted octanol–water partition coefficient (Wildman–Crippen LogP) is 1.74. The first-order chi connectivity index (χ1) is 7.87. The van der Waals surface area contributed by atoms with Gasteiger partial charge in [-0.1, -0.05) is 22.9 Å². The van der Waals surface area contributed by atoms with Gasteiger partial charge >= 0.3 is 0 Å². The highest BCUT2D eigenvalue weighted by atomic mass is 79.9. The topological polar surface area (TPSA) is 64.0 Å². The number of sulfonamides is 1. The van der Waals surface area contributed by atoms with Crippen molar-refractivity contribution in [2.45, 2.75) is 44.3 Å². The molecule has 0 aliphatic heterocycles. The number of aromatic nitrogens is 2. The molecule has 1 heterocycles. The first kappa shape index (κ1) is 14.7. The fraction of sp³-hybridized carbons (Fsp3) is 0.700. The zero-order valence-corrected chi connectivity index (χ0v) is 12.7. The Balaban J connectivity index is 2.96. The average molecular weight is 324 g/mol. The van der Waals surface area contributed by atoms with E-state index in [1.54, 1.807) is 4.57 Å². The summed E-state index contributed by atoms with van der Waals surface area (Å²) in [6.45, 7) is 6.43. The van der Waals surface area contributed by atoms with Crippen LogP contribution in [0.1, 0.15) is 27.2 Å². The van der Waals surface area contributed by atoms with Crippen LogP contribution >= 0.6 is 15.9 Å². The number of rotatable bonds is 6. The molecule has 0 bridgehead atoms. The summed E-state index contributed by atoms with van der Waals surface area (Å²) >= 11 is 3.32. The minimum absolute atomic E-state index is 0.0694. The van der Waals surface area contributed by atoms with Crippen LogP contribution in [-0.2, 0) is 16.6 Å². The van der Waals surface area contributed by atoms with E-state index in [1.165, 1.54) is 12.5 Å². The molecule has 7 heteroatoms. The van der Waals surface area contributed by atoms with E-state index in [-0.39, 0.29) is 5.03 Å². The van der Waals surface area contributed by atoms with Crippen LogP contribution in [0.4, 0.5) is 0 Å². The van der Waals surface area contributed by atoms with Crippen molar-refractivity contribution in [2.75, 3.05) is 5.33 Å². The number of aryl methyl sites for hydroxylation is 1. The quantitative estimate of drug-likeness (QED) is 0.811. The van der Waals surface area contributed by atoms with Crippen molar-refractivity contribution >= 4 is 26.0 Å². The van der Waals surface area contributed by atoms with Crippen molar-refractivity contribution in [1.29, 1.82) is 0 Å². The highest BCUT2D eigenvalue weighted by molar-refractivity contribution is 9.09. The molecule has 1 aromatic rings. The Morgan fingerprint density at radius 1 is 1.53 bits per heavy atom. The molecule has 98 valence electrons. The van der Waals surface area contributed by atoms with Crippen LogP contribution in [-0.4, -0.2) is 28.8 Å². The predicted molar refractivity (Wildman–Crippen MR) is 70.7 cm³/mol. The Morgan fingerprint density at radius 3 is 2.59 bits per heavy atom. The molecule has 0 spiro atoms. The molecule has 1 unspecified atom stereocenters. The van der Waals surface area contributed by atoms with Crippen molar-refractivity contribution in [2.24, 2.45) is 0 Å². The fourth-order valence-electron chi connectivity index (χ4n) is 1.22. The fourth-order valence-corrected chi connectivity index (χ4v) is 3.37. The van der Waals surface area contributed by atoms with Gasteiger partial charge < -0.3 is 4.57 Å². The lowest BCUT2D eigenvalue weighted by atomic mass is 10.0. The van der Waals surface area contributed by atoms with Crippen LogP contribution in [0.3, 0.4) is 0 Å². The first-order valence-electron chi connectivity index (χ1n) is 5.48. The smallest absolute Gasteiger partial charge is 0.260 e. The molecule has 0 fully saturated rings. The van der Waals surface area contributed by atoms with Gasteiger partial charge in [-0.05, 0) is 20.3 Å². The summed E-state index contributed by atoms with van der Waals surface area (Å²) < 4.78 is 28.6. The van der Waals surface area contributed by atoms with E-state index in [0.29, 0.717) is 18.3 Å². The lowest BCUT2D eigenvalue weighted by molar-refractivity contribution is 0.448. The largest absolute Gasteiger partial charge is 0.336 e. The Kier molecular flexibility index (Phi) is 4.74. The van der Waals surface area contributed by atoms with Crippen LogP contribution < -0.4 is 4.72 Å². The van der Waals surface area contributed by atoms with Gasteiger partial charge in [0.2, 0.25) is 0 Å². The second-order valence-corrected chi connectivity index (χ2v) is 6.39. The minimum atomic E-state index is -3.54. The van der Waals surface area contributed by atoms with Crippen molar-refractivity contribution in [3.8, 4) is 0 Å². The molecule has 0 saturated heterocycles. The van der Waals surface area contributed by atoms with Crippen LogP contribution in [0.5, 0.6) is 0 Å². The van der Waals surface area contributed by atoms with Crippen molar-refractivity contribution < 1.29 is 8.42 Å². The summed E-state index contributed by atoms with van der Waals surface area (Å²) in [4.78, 5) is 3.91. The Hall–Kier alpha value is -0.400. The molecule has 17 heavy (non-hydrogen) atoms. The molecule has 0 aliphatic rings. The minimum Gasteiger partial charge on any atom is -0.336 e. The lowest BCUT2D eigenvalue weighted by Gasteiger charge is -2.26. The van der Waals surface area contributed by atoms with Crippen LogP contribution in [0.2, 0.25) is 0 Å². The van der Waals surface area contributed by atoms with Gasteiger partial charge in [0.05, 0.1) is 6.33 Å². The monoisotopic (exact) mass is 323 g/mol. The number of nitrogens with one attached hydrogen (secondary N) is 1. The maximum Gasteiger partial charge on any atom is 0.260 e. The van der Waals surface area contributed by atoms with Gasteiger partial charge in [0.25, 0.3) is 10.0 Å². The van der Waals surface area contributed by atoms with E-state index in [0.717, 1.165) is 0 Å². The summed E-state index contributed by atoms with van der Waals surface area (Å²) in [5, 5.41) is 0.629. The number of imidazole rings is 1. The Labute approximate surface area is 111 Å². The van der Waals surface area contributed by atoms with Gasteiger partial charge in [0.15, 0.2) is 5.03 Å². The van der Waals surface area contributed by atoms with Gasteiger partial charge in [-0.2, -0.15) is 0 Å². The highest BCUT2D eigenvalue weighted by Gasteiger charge is 2.29. The average Bonchev–Trinajstić information content (AvgIpc) is 2.77. The molecule has 1 N–H and O–H groups in total. The van der Waals surface area contributed by atoms with Crippen molar-refractivity contribution in [1.82, 2.24) is 14.3 Å². The third-order valence-electron chi connectivity index (χ3n) is 2.71. The normalized spacial score (nSPS) is 15.8.